The normalized spacial score (nSPS) is 25.3. The van der Waals surface area contributed by atoms with Crippen molar-refractivity contribution in [3.63, 3.8) is 0 Å². The molecule has 0 aromatic rings. The highest BCUT2D eigenvalue weighted by atomic mass is 32.2. The van der Waals surface area contributed by atoms with Gasteiger partial charge in [-0.15, -0.1) is 0 Å². The smallest absolute Gasteiger partial charge is 0.251 e. The Labute approximate surface area is 96.7 Å². The van der Waals surface area contributed by atoms with Crippen LogP contribution in [0, 0.1) is 0 Å². The number of carbonyl (C=O) groups excluding carboxylic acids is 1. The summed E-state index contributed by atoms with van der Waals surface area (Å²) < 4.78 is 27.7. The minimum Gasteiger partial charge on any atom is -0.372 e. The minimum absolute atomic E-state index is 0.0863. The Morgan fingerprint density at radius 2 is 2.19 bits per heavy atom. The number of rotatable bonds is 4. The van der Waals surface area contributed by atoms with Crippen LogP contribution in [0.25, 0.3) is 0 Å². The molecule has 0 radical (unpaired) electrons. The zero-order valence-corrected chi connectivity index (χ0v) is 10.8. The fourth-order valence-electron chi connectivity index (χ4n) is 1.95. The minimum atomic E-state index is -2.95. The molecule has 1 amide bonds. The molecule has 0 bridgehead atoms. The topological polar surface area (TPSA) is 63.7 Å². The second-order valence-corrected chi connectivity index (χ2v) is 6.29. The summed E-state index contributed by atoms with van der Waals surface area (Å²) in [7, 11) is -1.48. The van der Waals surface area contributed by atoms with Crippen LogP contribution in [0.4, 0.5) is 0 Å². The summed E-state index contributed by atoms with van der Waals surface area (Å²) in [6, 6.07) is -0.180. The fraction of sp³-hybridized carbons (Fsp3) is 0.900. The van der Waals surface area contributed by atoms with E-state index in [1.165, 1.54) is 7.11 Å². The van der Waals surface area contributed by atoms with Gasteiger partial charge in [-0.05, 0) is 20.3 Å². The van der Waals surface area contributed by atoms with Gasteiger partial charge in [-0.3, -0.25) is 4.79 Å². The molecular weight excluding hydrogens is 230 g/mol. The van der Waals surface area contributed by atoms with E-state index in [0.29, 0.717) is 13.0 Å². The van der Waals surface area contributed by atoms with E-state index in [9.17, 15) is 13.2 Å². The van der Waals surface area contributed by atoms with Crippen LogP contribution in [0.2, 0.25) is 0 Å². The molecule has 16 heavy (non-hydrogen) atoms. The molecule has 1 rings (SSSR count). The second kappa shape index (κ2) is 5.14. The molecule has 1 aliphatic heterocycles. The highest BCUT2D eigenvalue weighted by Crippen LogP contribution is 2.18. The molecule has 1 aliphatic rings. The van der Waals surface area contributed by atoms with Crippen molar-refractivity contribution < 1.29 is 17.9 Å². The Hall–Kier alpha value is -0.620. The molecule has 0 spiro atoms. The Morgan fingerprint density at radius 3 is 2.56 bits per heavy atom. The summed E-state index contributed by atoms with van der Waals surface area (Å²) in [4.78, 5) is 13.5. The van der Waals surface area contributed by atoms with Crippen molar-refractivity contribution in [2.45, 2.75) is 32.4 Å². The molecule has 5 nitrogen and oxygen atoms in total. The van der Waals surface area contributed by atoms with Gasteiger partial charge in [0, 0.05) is 19.7 Å². The quantitative estimate of drug-likeness (QED) is 0.706. The van der Waals surface area contributed by atoms with Crippen LogP contribution in [0.5, 0.6) is 0 Å². The summed E-state index contributed by atoms with van der Waals surface area (Å²) in [5.74, 6) is 0.137. The van der Waals surface area contributed by atoms with Gasteiger partial charge in [0.25, 0.3) is 5.91 Å². The fourth-order valence-corrected chi connectivity index (χ4v) is 3.68. The van der Waals surface area contributed by atoms with Crippen LogP contribution in [-0.2, 0) is 19.4 Å². The second-order valence-electron chi connectivity index (χ2n) is 4.06. The molecule has 94 valence electrons. The number of carbonyl (C=O) groups is 1. The molecule has 0 aromatic carbocycles. The van der Waals surface area contributed by atoms with E-state index < -0.39 is 15.9 Å². The van der Waals surface area contributed by atoms with Crippen molar-refractivity contribution in [3.05, 3.63) is 0 Å². The maximum atomic E-state index is 11.9. The van der Waals surface area contributed by atoms with Crippen molar-refractivity contribution in [2.75, 3.05) is 25.2 Å². The highest BCUT2D eigenvalue weighted by molar-refractivity contribution is 7.91. The standard InChI is InChI=1S/C10H19NO4S/c1-4-11(10(12)8(2)15-3)9-5-6-16(13,14)7-9/h8-9H,4-7H2,1-3H3. The van der Waals surface area contributed by atoms with Gasteiger partial charge >= 0.3 is 0 Å². The average Bonchev–Trinajstić information content (AvgIpc) is 2.58. The molecule has 0 N–H and O–H groups in total. The van der Waals surface area contributed by atoms with Gasteiger partial charge < -0.3 is 9.64 Å². The highest BCUT2D eigenvalue weighted by Gasteiger charge is 2.35. The third-order valence-corrected chi connectivity index (χ3v) is 4.72. The Morgan fingerprint density at radius 1 is 1.56 bits per heavy atom. The number of sulfone groups is 1. The van der Waals surface area contributed by atoms with E-state index in [1.807, 2.05) is 6.92 Å². The molecule has 2 atom stereocenters. The Balaban J connectivity index is 2.73. The van der Waals surface area contributed by atoms with Gasteiger partial charge in [0.1, 0.15) is 6.10 Å². The first-order chi connectivity index (χ1) is 7.41. The lowest BCUT2D eigenvalue weighted by atomic mass is 10.2. The Bertz CT molecular complexity index is 352. The molecular formula is C10H19NO4S. The third-order valence-electron chi connectivity index (χ3n) is 2.97. The molecule has 1 fully saturated rings. The van der Waals surface area contributed by atoms with Crippen LogP contribution in [-0.4, -0.2) is 56.5 Å². The van der Waals surface area contributed by atoms with Crippen LogP contribution in [0.1, 0.15) is 20.3 Å². The first kappa shape index (κ1) is 13.4. The first-order valence-electron chi connectivity index (χ1n) is 5.45. The van der Waals surface area contributed by atoms with Crippen molar-refractivity contribution in [1.29, 1.82) is 0 Å². The van der Waals surface area contributed by atoms with Gasteiger partial charge in [0.05, 0.1) is 11.5 Å². The summed E-state index contributed by atoms with van der Waals surface area (Å²) in [5, 5.41) is 0. The van der Waals surface area contributed by atoms with Crippen LogP contribution in [0.3, 0.4) is 0 Å². The molecule has 0 aromatic heterocycles. The predicted molar refractivity (Wildman–Crippen MR) is 60.9 cm³/mol. The number of nitrogens with zero attached hydrogens (tertiary/aromatic N) is 1. The number of hydrogen-bond acceptors (Lipinski definition) is 4. The lowest BCUT2D eigenvalue weighted by molar-refractivity contribution is -0.142. The van der Waals surface area contributed by atoms with Crippen LogP contribution < -0.4 is 0 Å². The maximum Gasteiger partial charge on any atom is 0.251 e. The summed E-state index contributed by atoms with van der Waals surface area (Å²) >= 11 is 0. The molecule has 0 saturated carbocycles. The molecule has 1 saturated heterocycles. The van der Waals surface area contributed by atoms with Crippen LogP contribution >= 0.6 is 0 Å². The molecule has 6 heteroatoms. The maximum absolute atomic E-state index is 11.9. The van der Waals surface area contributed by atoms with E-state index in [2.05, 4.69) is 0 Å². The Kier molecular flexibility index (Phi) is 4.32. The van der Waals surface area contributed by atoms with E-state index >= 15 is 0 Å². The monoisotopic (exact) mass is 249 g/mol. The zero-order chi connectivity index (χ0) is 12.3. The van der Waals surface area contributed by atoms with Crippen molar-refractivity contribution in [2.24, 2.45) is 0 Å². The number of ether oxygens (including phenoxy) is 1. The number of methoxy groups -OCH3 is 1. The van der Waals surface area contributed by atoms with Crippen molar-refractivity contribution in [3.8, 4) is 0 Å². The van der Waals surface area contributed by atoms with Crippen LogP contribution in [0.15, 0.2) is 0 Å². The summed E-state index contributed by atoms with van der Waals surface area (Å²) in [5.41, 5.74) is 0. The van der Waals surface area contributed by atoms with E-state index in [4.69, 9.17) is 4.74 Å². The van der Waals surface area contributed by atoms with Gasteiger partial charge in [-0.2, -0.15) is 0 Å². The van der Waals surface area contributed by atoms with Gasteiger partial charge in [-0.25, -0.2) is 8.42 Å². The van der Waals surface area contributed by atoms with Gasteiger partial charge in [0.2, 0.25) is 0 Å². The third kappa shape index (κ3) is 2.95. The van der Waals surface area contributed by atoms with E-state index in [-0.39, 0.29) is 23.5 Å². The zero-order valence-electron chi connectivity index (χ0n) is 9.97. The van der Waals surface area contributed by atoms with Gasteiger partial charge in [-0.1, -0.05) is 0 Å². The van der Waals surface area contributed by atoms with Crippen molar-refractivity contribution >= 4 is 15.7 Å². The summed E-state index contributed by atoms with van der Waals surface area (Å²) in [6.07, 6.45) is 0.0292. The van der Waals surface area contributed by atoms with E-state index in [0.717, 1.165) is 0 Å². The molecule has 2 unspecified atom stereocenters. The van der Waals surface area contributed by atoms with E-state index in [1.54, 1.807) is 11.8 Å². The predicted octanol–water partition coefficient (Wildman–Crippen LogP) is 0.0569. The van der Waals surface area contributed by atoms with Gasteiger partial charge in [0.15, 0.2) is 9.84 Å². The SMILES string of the molecule is CCN(C(=O)C(C)OC)C1CCS(=O)(=O)C1. The number of amides is 1. The average molecular weight is 249 g/mol. The first-order valence-corrected chi connectivity index (χ1v) is 7.27. The van der Waals surface area contributed by atoms with Crippen molar-refractivity contribution in [1.82, 2.24) is 4.90 Å². The lowest BCUT2D eigenvalue weighted by Gasteiger charge is -2.28. The largest absolute Gasteiger partial charge is 0.372 e. The lowest BCUT2D eigenvalue weighted by Crippen LogP contribution is -2.45. The summed E-state index contributed by atoms with van der Waals surface area (Å²) in [6.45, 7) is 4.05. The number of likely N-dealkylation sites (N-methyl/N-ethyl adjacent to an activating group) is 1. The molecule has 0 aliphatic carbocycles. The molecule has 1 heterocycles. The number of hydrogen-bond donors (Lipinski definition) is 0.